The summed E-state index contributed by atoms with van der Waals surface area (Å²) in [6, 6.07) is 18.7. The van der Waals surface area contributed by atoms with Gasteiger partial charge in [-0.2, -0.15) is 0 Å². The maximum absolute atomic E-state index is 13.7. The second kappa shape index (κ2) is 7.83. The summed E-state index contributed by atoms with van der Waals surface area (Å²) in [6.45, 7) is 0. The fourth-order valence-electron chi connectivity index (χ4n) is 2.81. The van der Waals surface area contributed by atoms with Crippen molar-refractivity contribution in [2.75, 3.05) is 0 Å². The zero-order chi connectivity index (χ0) is 18.5. The molecule has 0 heterocycles. The normalized spacial score (nSPS) is 10.5. The fraction of sp³-hybridized carbons (Fsp3) is 0.0909. The summed E-state index contributed by atoms with van der Waals surface area (Å²) in [7, 11) is 0. The molecule has 0 atom stereocenters. The van der Waals surface area contributed by atoms with Crippen LogP contribution in [0.5, 0.6) is 0 Å². The van der Waals surface area contributed by atoms with E-state index in [1.807, 2.05) is 6.07 Å². The van der Waals surface area contributed by atoms with Crippen molar-refractivity contribution in [1.29, 1.82) is 0 Å². The quantitative estimate of drug-likeness (QED) is 0.611. The first-order valence-corrected chi connectivity index (χ1v) is 8.18. The van der Waals surface area contributed by atoms with Gasteiger partial charge in [0.05, 0.1) is 0 Å². The van der Waals surface area contributed by atoms with Gasteiger partial charge in [-0.3, -0.25) is 9.59 Å². The number of hydrogen-bond donors (Lipinski definition) is 0. The molecule has 4 heteroatoms. The van der Waals surface area contributed by atoms with Crippen LogP contribution >= 0.6 is 0 Å². The highest BCUT2D eigenvalue weighted by atomic mass is 19.1. The van der Waals surface area contributed by atoms with Crippen LogP contribution in [-0.4, -0.2) is 11.6 Å². The average molecular weight is 350 g/mol. The summed E-state index contributed by atoms with van der Waals surface area (Å²) < 4.78 is 27.0. The van der Waals surface area contributed by atoms with Crippen molar-refractivity contribution in [3.8, 4) is 0 Å². The summed E-state index contributed by atoms with van der Waals surface area (Å²) in [6.07, 6.45) is -0.248. The second-order valence-corrected chi connectivity index (χ2v) is 5.98. The molecule has 0 N–H and O–H groups in total. The Morgan fingerprint density at radius 2 is 1.38 bits per heavy atom. The Morgan fingerprint density at radius 1 is 0.731 bits per heavy atom. The molecule has 0 unspecified atom stereocenters. The van der Waals surface area contributed by atoms with Gasteiger partial charge in [0, 0.05) is 24.0 Å². The van der Waals surface area contributed by atoms with E-state index in [2.05, 4.69) is 0 Å². The largest absolute Gasteiger partial charge is 0.299 e. The molecule has 130 valence electrons. The van der Waals surface area contributed by atoms with E-state index in [-0.39, 0.29) is 30.0 Å². The van der Waals surface area contributed by atoms with Gasteiger partial charge in [-0.05, 0) is 29.3 Å². The molecule has 0 aliphatic carbocycles. The van der Waals surface area contributed by atoms with Crippen molar-refractivity contribution < 1.29 is 18.4 Å². The van der Waals surface area contributed by atoms with Gasteiger partial charge in [-0.25, -0.2) is 8.78 Å². The molecule has 0 aliphatic rings. The zero-order valence-corrected chi connectivity index (χ0v) is 13.9. The highest BCUT2D eigenvalue weighted by molar-refractivity contribution is 6.10. The van der Waals surface area contributed by atoms with E-state index in [1.54, 1.807) is 48.5 Å². The lowest BCUT2D eigenvalue weighted by Gasteiger charge is -2.09. The van der Waals surface area contributed by atoms with Gasteiger partial charge in [-0.1, -0.05) is 54.6 Å². The molecule has 0 aliphatic heterocycles. The number of rotatable bonds is 6. The number of carbonyl (C=O) groups is 2. The van der Waals surface area contributed by atoms with E-state index >= 15 is 0 Å². The summed E-state index contributed by atoms with van der Waals surface area (Å²) in [4.78, 5) is 25.0. The first kappa shape index (κ1) is 17.7. The molecule has 3 rings (SSSR count). The van der Waals surface area contributed by atoms with Gasteiger partial charge in [0.15, 0.2) is 5.78 Å². The number of carbonyl (C=O) groups excluding carboxylic acids is 2. The summed E-state index contributed by atoms with van der Waals surface area (Å²) in [5.74, 6) is -1.67. The monoisotopic (exact) mass is 350 g/mol. The Kier molecular flexibility index (Phi) is 5.32. The number of benzene rings is 3. The van der Waals surface area contributed by atoms with Crippen LogP contribution in [0.4, 0.5) is 8.78 Å². The minimum atomic E-state index is -0.617. The van der Waals surface area contributed by atoms with E-state index in [0.29, 0.717) is 16.7 Å². The van der Waals surface area contributed by atoms with Crippen molar-refractivity contribution in [2.24, 2.45) is 0 Å². The van der Waals surface area contributed by atoms with Gasteiger partial charge in [0.25, 0.3) is 0 Å². The lowest BCUT2D eigenvalue weighted by molar-refractivity contribution is -0.117. The molecule has 0 aromatic heterocycles. The standard InChI is InChI=1S/C22H16F2O2/c23-18-10-11-21(24)17(12-18)14-19(25)13-16-8-4-5-9-20(16)22(26)15-6-2-1-3-7-15/h1-12H,13-14H2. The topological polar surface area (TPSA) is 34.1 Å². The van der Waals surface area contributed by atoms with Crippen molar-refractivity contribution in [3.63, 3.8) is 0 Å². The Labute approximate surface area is 150 Å². The molecule has 0 spiro atoms. The number of halogens is 2. The van der Waals surface area contributed by atoms with Crippen molar-refractivity contribution in [2.45, 2.75) is 12.8 Å². The Bertz CT molecular complexity index is 949. The van der Waals surface area contributed by atoms with Crippen LogP contribution in [-0.2, 0) is 17.6 Å². The molecule has 0 bridgehead atoms. The third-order valence-corrected chi connectivity index (χ3v) is 4.08. The van der Waals surface area contributed by atoms with E-state index in [9.17, 15) is 18.4 Å². The molecule has 26 heavy (non-hydrogen) atoms. The maximum Gasteiger partial charge on any atom is 0.193 e. The molecule has 2 nitrogen and oxygen atoms in total. The second-order valence-electron chi connectivity index (χ2n) is 5.98. The SMILES string of the molecule is O=C(Cc1cc(F)ccc1F)Cc1ccccc1C(=O)c1ccccc1. The Balaban J connectivity index is 1.81. The third kappa shape index (κ3) is 4.09. The van der Waals surface area contributed by atoms with Gasteiger partial charge in [0.1, 0.15) is 17.4 Å². The lowest BCUT2D eigenvalue weighted by Crippen LogP contribution is -2.12. The fourth-order valence-corrected chi connectivity index (χ4v) is 2.81. The van der Waals surface area contributed by atoms with E-state index in [1.165, 1.54) is 0 Å². The first-order chi connectivity index (χ1) is 12.5. The Morgan fingerprint density at radius 3 is 2.15 bits per heavy atom. The van der Waals surface area contributed by atoms with Crippen LogP contribution in [0.25, 0.3) is 0 Å². The highest BCUT2D eigenvalue weighted by Gasteiger charge is 2.16. The average Bonchev–Trinajstić information content (AvgIpc) is 2.65. The zero-order valence-electron chi connectivity index (χ0n) is 13.9. The van der Waals surface area contributed by atoms with Crippen molar-refractivity contribution >= 4 is 11.6 Å². The predicted octanol–water partition coefficient (Wildman–Crippen LogP) is 4.55. The molecule has 0 radical (unpaired) electrons. The van der Waals surface area contributed by atoms with Gasteiger partial charge >= 0.3 is 0 Å². The van der Waals surface area contributed by atoms with E-state index in [4.69, 9.17) is 0 Å². The van der Waals surface area contributed by atoms with Crippen LogP contribution in [0.15, 0.2) is 72.8 Å². The minimum absolute atomic E-state index is 0.0156. The van der Waals surface area contributed by atoms with Crippen molar-refractivity contribution in [3.05, 3.63) is 107 Å². The third-order valence-electron chi connectivity index (χ3n) is 4.08. The van der Waals surface area contributed by atoms with Crippen LogP contribution < -0.4 is 0 Å². The predicted molar refractivity (Wildman–Crippen MR) is 95.1 cm³/mol. The lowest BCUT2D eigenvalue weighted by atomic mass is 9.94. The summed E-state index contributed by atoms with van der Waals surface area (Å²) in [5.41, 5.74) is 1.56. The number of ketones is 2. The molecule has 3 aromatic carbocycles. The van der Waals surface area contributed by atoms with E-state index < -0.39 is 11.6 Å². The summed E-state index contributed by atoms with van der Waals surface area (Å²) >= 11 is 0. The van der Waals surface area contributed by atoms with Gasteiger partial charge < -0.3 is 0 Å². The van der Waals surface area contributed by atoms with Crippen LogP contribution in [0.1, 0.15) is 27.0 Å². The van der Waals surface area contributed by atoms with Crippen LogP contribution in [0, 0.1) is 11.6 Å². The van der Waals surface area contributed by atoms with E-state index in [0.717, 1.165) is 18.2 Å². The smallest absolute Gasteiger partial charge is 0.193 e. The van der Waals surface area contributed by atoms with Gasteiger partial charge in [0.2, 0.25) is 0 Å². The molecule has 0 amide bonds. The Hall–Kier alpha value is -3.14. The molecule has 0 saturated carbocycles. The molecular weight excluding hydrogens is 334 g/mol. The van der Waals surface area contributed by atoms with Crippen molar-refractivity contribution in [1.82, 2.24) is 0 Å². The molecule has 0 saturated heterocycles. The molecule has 3 aromatic rings. The molecule has 0 fully saturated rings. The number of hydrogen-bond acceptors (Lipinski definition) is 2. The maximum atomic E-state index is 13.7. The van der Waals surface area contributed by atoms with Crippen LogP contribution in [0.2, 0.25) is 0 Å². The first-order valence-electron chi connectivity index (χ1n) is 8.18. The van der Waals surface area contributed by atoms with Crippen LogP contribution in [0.3, 0.4) is 0 Å². The summed E-state index contributed by atoms with van der Waals surface area (Å²) in [5, 5.41) is 0. The highest BCUT2D eigenvalue weighted by Crippen LogP contribution is 2.17. The molecular formula is C22H16F2O2. The number of Topliss-reactive ketones (excluding diaryl/α,β-unsaturated/α-hetero) is 1. The van der Waals surface area contributed by atoms with Gasteiger partial charge in [-0.15, -0.1) is 0 Å². The minimum Gasteiger partial charge on any atom is -0.299 e.